The molecule has 1 saturated heterocycles. The summed E-state index contributed by atoms with van der Waals surface area (Å²) in [4.78, 5) is 13.7. The third-order valence-electron chi connectivity index (χ3n) is 8.24. The van der Waals surface area contributed by atoms with Gasteiger partial charge in [-0.2, -0.15) is 0 Å². The van der Waals surface area contributed by atoms with E-state index in [1.807, 2.05) is 0 Å². The molecule has 31 heavy (non-hydrogen) atoms. The maximum atomic E-state index is 13.7. The van der Waals surface area contributed by atoms with Crippen LogP contribution in [-0.4, -0.2) is 37.7 Å². The molecule has 6 atom stereocenters. The van der Waals surface area contributed by atoms with Gasteiger partial charge in [0.2, 0.25) is 5.91 Å². The number of carbonyl (C=O) groups excluding carboxylic acids is 1. The Bertz CT molecular complexity index is 768. The van der Waals surface area contributed by atoms with Gasteiger partial charge in [-0.1, -0.05) is 44.2 Å². The van der Waals surface area contributed by atoms with Crippen molar-refractivity contribution in [2.75, 3.05) is 19.8 Å². The molecule has 2 saturated carbocycles. The summed E-state index contributed by atoms with van der Waals surface area (Å²) in [6, 6.07) is 11.8. The number of carbonyl (C=O) groups is 1. The van der Waals surface area contributed by atoms with Crippen LogP contribution in [-0.2, 0) is 14.9 Å². The van der Waals surface area contributed by atoms with Crippen molar-refractivity contribution in [3.63, 3.8) is 0 Å². The first kappa shape index (κ1) is 22.8. The number of nitrogens with one attached hydrogen (secondary N) is 2. The van der Waals surface area contributed by atoms with Crippen LogP contribution in [0.2, 0.25) is 0 Å². The second-order valence-corrected chi connectivity index (χ2v) is 11.5. The molecule has 1 aromatic carbocycles. The molecule has 2 bridgehead atoms. The summed E-state index contributed by atoms with van der Waals surface area (Å²) in [7, 11) is 0. The molecular formula is C27H42N2O2. The van der Waals surface area contributed by atoms with Crippen LogP contribution in [0.4, 0.5) is 0 Å². The zero-order chi connectivity index (χ0) is 22.1. The fourth-order valence-electron chi connectivity index (χ4n) is 7.39. The highest BCUT2D eigenvalue weighted by Crippen LogP contribution is 2.61. The first-order valence-corrected chi connectivity index (χ1v) is 12.4. The number of hydrogen-bond acceptors (Lipinski definition) is 3. The highest BCUT2D eigenvalue weighted by atomic mass is 16.5. The standard InChI is InChI=1S/C27H42N2O2/c1-5-31-19-25(3)14-21-15-26(4,24(30)29-23-11-12-28-20(2)13-23)18-27(16-21,17-25)22-9-7-6-8-10-22/h6-10,20-21,23,28H,5,11-19H2,1-4H3,(H,29,30)/t20?,21?,23?,25-,26?,27?/m0/s1. The highest BCUT2D eigenvalue weighted by Gasteiger charge is 2.56. The predicted molar refractivity (Wildman–Crippen MR) is 126 cm³/mol. The average Bonchev–Trinajstić information content (AvgIpc) is 2.72. The number of rotatable bonds is 6. The van der Waals surface area contributed by atoms with Crippen LogP contribution in [0.25, 0.3) is 0 Å². The number of benzene rings is 1. The Kier molecular flexibility index (Phi) is 6.52. The number of fused-ring (bicyclic) bond motifs is 2. The van der Waals surface area contributed by atoms with E-state index in [0.29, 0.717) is 18.0 Å². The van der Waals surface area contributed by atoms with Crippen LogP contribution in [0.15, 0.2) is 30.3 Å². The Morgan fingerprint density at radius 1 is 1.16 bits per heavy atom. The van der Waals surface area contributed by atoms with E-state index < -0.39 is 0 Å². The summed E-state index contributed by atoms with van der Waals surface area (Å²) in [5.41, 5.74) is 1.34. The van der Waals surface area contributed by atoms with E-state index in [9.17, 15) is 4.79 Å². The fraction of sp³-hybridized carbons (Fsp3) is 0.741. The molecule has 3 fully saturated rings. The lowest BCUT2D eigenvalue weighted by Crippen LogP contribution is -2.57. The summed E-state index contributed by atoms with van der Waals surface area (Å²) >= 11 is 0. The van der Waals surface area contributed by atoms with Crippen LogP contribution in [0.5, 0.6) is 0 Å². The van der Waals surface area contributed by atoms with E-state index in [1.54, 1.807) is 0 Å². The third kappa shape index (κ3) is 4.85. The predicted octanol–water partition coefficient (Wildman–Crippen LogP) is 4.82. The van der Waals surface area contributed by atoms with E-state index in [-0.39, 0.29) is 22.2 Å². The Morgan fingerprint density at radius 3 is 2.65 bits per heavy atom. The molecular weight excluding hydrogens is 384 g/mol. The summed E-state index contributed by atoms with van der Waals surface area (Å²) in [5.74, 6) is 0.848. The minimum atomic E-state index is -0.306. The lowest BCUT2D eigenvalue weighted by Gasteiger charge is -2.57. The van der Waals surface area contributed by atoms with Crippen LogP contribution in [0.1, 0.15) is 78.2 Å². The van der Waals surface area contributed by atoms with Gasteiger partial charge in [0.25, 0.3) is 0 Å². The quantitative estimate of drug-likeness (QED) is 0.685. The lowest BCUT2D eigenvalue weighted by atomic mass is 9.47. The monoisotopic (exact) mass is 426 g/mol. The van der Waals surface area contributed by atoms with Gasteiger partial charge in [0.1, 0.15) is 0 Å². The van der Waals surface area contributed by atoms with Gasteiger partial charge in [0.15, 0.2) is 0 Å². The van der Waals surface area contributed by atoms with E-state index in [0.717, 1.165) is 58.3 Å². The SMILES string of the molecule is CCOC[C@@]1(C)CC2CC(C)(C(=O)NC3CCNC(C)C3)CC(c3ccccc3)(C2)C1. The normalized spacial score (nSPS) is 40.3. The van der Waals surface area contributed by atoms with Gasteiger partial charge in [0, 0.05) is 24.1 Å². The molecule has 4 nitrogen and oxygen atoms in total. The number of hydrogen-bond donors (Lipinski definition) is 2. The molecule has 5 unspecified atom stereocenters. The van der Waals surface area contributed by atoms with E-state index >= 15 is 0 Å². The van der Waals surface area contributed by atoms with E-state index in [2.05, 4.69) is 68.7 Å². The second kappa shape index (κ2) is 8.86. The molecule has 0 spiro atoms. The Balaban J connectivity index is 1.59. The summed E-state index contributed by atoms with van der Waals surface area (Å²) in [6.45, 7) is 11.5. The van der Waals surface area contributed by atoms with Crippen molar-refractivity contribution in [2.24, 2.45) is 16.7 Å². The van der Waals surface area contributed by atoms with Crippen LogP contribution >= 0.6 is 0 Å². The largest absolute Gasteiger partial charge is 0.381 e. The smallest absolute Gasteiger partial charge is 0.226 e. The number of piperidine rings is 1. The molecule has 172 valence electrons. The van der Waals surface area contributed by atoms with Crippen LogP contribution in [0.3, 0.4) is 0 Å². The zero-order valence-electron chi connectivity index (χ0n) is 20.0. The van der Waals surface area contributed by atoms with Gasteiger partial charge in [0.05, 0.1) is 6.61 Å². The number of amides is 1. The van der Waals surface area contributed by atoms with Gasteiger partial charge < -0.3 is 15.4 Å². The van der Waals surface area contributed by atoms with Crippen LogP contribution < -0.4 is 10.6 Å². The highest BCUT2D eigenvalue weighted by molar-refractivity contribution is 5.83. The van der Waals surface area contributed by atoms with Crippen molar-refractivity contribution in [1.29, 1.82) is 0 Å². The Morgan fingerprint density at radius 2 is 1.94 bits per heavy atom. The second-order valence-electron chi connectivity index (χ2n) is 11.5. The van der Waals surface area contributed by atoms with Crippen molar-refractivity contribution in [3.05, 3.63) is 35.9 Å². The van der Waals surface area contributed by atoms with Crippen molar-refractivity contribution < 1.29 is 9.53 Å². The minimum absolute atomic E-state index is 0.0573. The Labute approximate surface area is 188 Å². The number of ether oxygens (including phenoxy) is 1. The lowest BCUT2D eigenvalue weighted by molar-refractivity contribution is -0.140. The van der Waals surface area contributed by atoms with Crippen LogP contribution in [0, 0.1) is 16.7 Å². The molecule has 4 heteroatoms. The molecule has 1 heterocycles. The maximum Gasteiger partial charge on any atom is 0.226 e. The molecule has 1 amide bonds. The van der Waals surface area contributed by atoms with Gasteiger partial charge >= 0.3 is 0 Å². The van der Waals surface area contributed by atoms with Gasteiger partial charge in [-0.3, -0.25) is 4.79 Å². The molecule has 1 aliphatic heterocycles. The molecule has 4 rings (SSSR count). The Hall–Kier alpha value is -1.39. The van der Waals surface area contributed by atoms with Gasteiger partial charge in [-0.05, 0) is 87.6 Å². The summed E-state index contributed by atoms with van der Waals surface area (Å²) in [6.07, 6.45) is 7.46. The molecule has 0 radical (unpaired) electrons. The molecule has 2 N–H and O–H groups in total. The van der Waals surface area contributed by atoms with Crippen molar-refractivity contribution in [1.82, 2.24) is 10.6 Å². The first-order chi connectivity index (χ1) is 14.8. The topological polar surface area (TPSA) is 50.4 Å². The van der Waals surface area contributed by atoms with Crippen molar-refractivity contribution in [3.8, 4) is 0 Å². The van der Waals surface area contributed by atoms with Crippen molar-refractivity contribution in [2.45, 2.75) is 90.1 Å². The molecule has 0 aromatic heterocycles. The molecule has 1 aromatic rings. The van der Waals surface area contributed by atoms with E-state index in [1.165, 1.54) is 12.0 Å². The maximum absolute atomic E-state index is 13.7. The molecule has 3 aliphatic rings. The average molecular weight is 427 g/mol. The van der Waals surface area contributed by atoms with Gasteiger partial charge in [-0.15, -0.1) is 0 Å². The summed E-state index contributed by atoms with van der Waals surface area (Å²) < 4.78 is 5.95. The van der Waals surface area contributed by atoms with Crippen molar-refractivity contribution >= 4 is 5.91 Å². The summed E-state index contributed by atoms with van der Waals surface area (Å²) in [5, 5.41) is 6.97. The minimum Gasteiger partial charge on any atom is -0.381 e. The third-order valence-corrected chi connectivity index (χ3v) is 8.24. The molecule has 2 aliphatic carbocycles. The van der Waals surface area contributed by atoms with E-state index in [4.69, 9.17) is 4.74 Å². The zero-order valence-corrected chi connectivity index (χ0v) is 20.0. The van der Waals surface area contributed by atoms with Gasteiger partial charge in [-0.25, -0.2) is 0 Å². The first-order valence-electron chi connectivity index (χ1n) is 12.4. The fourth-order valence-corrected chi connectivity index (χ4v) is 7.39.